The quantitative estimate of drug-likeness (QED) is 0.482. The van der Waals surface area contributed by atoms with Crippen molar-refractivity contribution in [2.45, 2.75) is 49.7 Å². The highest BCUT2D eigenvalue weighted by molar-refractivity contribution is 6.21. The lowest BCUT2D eigenvalue weighted by atomic mass is 10.1. The highest BCUT2D eigenvalue weighted by atomic mass is 35.5. The lowest BCUT2D eigenvalue weighted by Crippen LogP contribution is -2.30. The number of aliphatic hydroxyl groups is 2. The summed E-state index contributed by atoms with van der Waals surface area (Å²) in [6, 6.07) is 0. The molecule has 0 aliphatic heterocycles. The van der Waals surface area contributed by atoms with Crippen LogP contribution >= 0.6 is 23.2 Å². The zero-order valence-corrected chi connectivity index (χ0v) is 13.1. The summed E-state index contributed by atoms with van der Waals surface area (Å²) in [5.74, 6) is 0. The third kappa shape index (κ3) is 9.47. The van der Waals surface area contributed by atoms with Crippen LogP contribution in [0.3, 0.4) is 0 Å². The van der Waals surface area contributed by atoms with Crippen molar-refractivity contribution in [3.05, 3.63) is 24.3 Å². The minimum Gasteiger partial charge on any atom is -0.391 e. The van der Waals surface area contributed by atoms with E-state index in [1.165, 1.54) is 0 Å². The Balaban J connectivity index is 3.88. The van der Waals surface area contributed by atoms with Gasteiger partial charge in [0.2, 0.25) is 0 Å². The van der Waals surface area contributed by atoms with E-state index < -0.39 is 23.0 Å². The normalized spacial score (nSPS) is 17.6. The molecule has 0 heterocycles. The molecule has 0 fully saturated rings. The van der Waals surface area contributed by atoms with Crippen molar-refractivity contribution in [3.63, 3.8) is 0 Å². The van der Waals surface area contributed by atoms with Crippen molar-refractivity contribution in [2.75, 3.05) is 13.2 Å². The van der Waals surface area contributed by atoms with Crippen molar-refractivity contribution in [3.8, 4) is 0 Å². The second-order valence-corrected chi connectivity index (χ2v) is 6.15. The lowest BCUT2D eigenvalue weighted by Gasteiger charge is -2.20. The van der Waals surface area contributed by atoms with Crippen LogP contribution in [0.5, 0.6) is 0 Å². The molecule has 0 bridgehead atoms. The molecule has 19 heavy (non-hydrogen) atoms. The molecule has 0 rings (SSSR count). The maximum absolute atomic E-state index is 9.71. The van der Waals surface area contributed by atoms with Gasteiger partial charge in [-0.1, -0.05) is 11.1 Å². The monoisotopic (exact) mass is 310 g/mol. The van der Waals surface area contributed by atoms with Gasteiger partial charge in [-0.05, 0) is 26.7 Å². The molecule has 0 aromatic rings. The Bertz CT molecular complexity index is 266. The molecule has 112 valence electrons. The standard InChI is InChI=1S/C14H24Cl2O3/c1-9(2)5-13(17)11(15)7-19-8-12(16)14(18)6-10(3)4/h11-14,17-18H,1,3,5-8H2,2,4H3. The molecule has 0 aliphatic rings. The maximum Gasteiger partial charge on any atom is 0.0831 e. The lowest BCUT2D eigenvalue weighted by molar-refractivity contribution is 0.0632. The molecule has 3 nitrogen and oxygen atoms in total. The van der Waals surface area contributed by atoms with E-state index >= 15 is 0 Å². The Labute approximate surface area is 125 Å². The first-order valence-corrected chi connectivity index (χ1v) is 7.12. The van der Waals surface area contributed by atoms with Gasteiger partial charge in [0.05, 0.1) is 36.2 Å². The van der Waals surface area contributed by atoms with Gasteiger partial charge in [-0.25, -0.2) is 0 Å². The first-order valence-electron chi connectivity index (χ1n) is 6.24. The number of alkyl halides is 2. The molecule has 2 N–H and O–H groups in total. The topological polar surface area (TPSA) is 49.7 Å². The first kappa shape index (κ1) is 18.9. The molecule has 5 heteroatoms. The van der Waals surface area contributed by atoms with Crippen LogP contribution in [0, 0.1) is 0 Å². The van der Waals surface area contributed by atoms with Crippen molar-refractivity contribution < 1.29 is 14.9 Å². The van der Waals surface area contributed by atoms with Gasteiger partial charge in [-0.15, -0.1) is 36.4 Å². The molecule has 0 aromatic carbocycles. The van der Waals surface area contributed by atoms with E-state index in [2.05, 4.69) is 13.2 Å². The molecule has 0 radical (unpaired) electrons. The Kier molecular flexibility index (Phi) is 9.75. The minimum absolute atomic E-state index is 0.180. The number of rotatable bonds is 10. The zero-order chi connectivity index (χ0) is 15.0. The van der Waals surface area contributed by atoms with Crippen molar-refractivity contribution in [1.29, 1.82) is 0 Å². The second kappa shape index (κ2) is 9.78. The van der Waals surface area contributed by atoms with E-state index in [1.54, 1.807) is 0 Å². The summed E-state index contributed by atoms with van der Waals surface area (Å²) in [4.78, 5) is 0. The van der Waals surface area contributed by atoms with E-state index in [1.807, 2.05) is 13.8 Å². The van der Waals surface area contributed by atoms with Crippen molar-refractivity contribution >= 4 is 23.2 Å². The van der Waals surface area contributed by atoms with Crippen LogP contribution in [0.25, 0.3) is 0 Å². The van der Waals surface area contributed by atoms with E-state index in [-0.39, 0.29) is 13.2 Å². The number of ether oxygens (including phenoxy) is 1. The fourth-order valence-electron chi connectivity index (χ4n) is 1.49. The summed E-state index contributed by atoms with van der Waals surface area (Å²) in [6.07, 6.45) is -0.484. The van der Waals surface area contributed by atoms with E-state index in [0.717, 1.165) is 11.1 Å². The Morgan fingerprint density at radius 1 is 0.947 bits per heavy atom. The van der Waals surface area contributed by atoms with Crippen LogP contribution in [0.15, 0.2) is 24.3 Å². The fourth-order valence-corrected chi connectivity index (χ4v) is 1.84. The summed E-state index contributed by atoms with van der Waals surface area (Å²) < 4.78 is 5.32. The molecule has 0 saturated carbocycles. The maximum atomic E-state index is 9.71. The van der Waals surface area contributed by atoms with Crippen molar-refractivity contribution in [2.24, 2.45) is 0 Å². The molecular formula is C14H24Cl2O3. The van der Waals surface area contributed by atoms with Gasteiger partial charge in [0, 0.05) is 0 Å². The van der Waals surface area contributed by atoms with Gasteiger partial charge in [0.1, 0.15) is 0 Å². The van der Waals surface area contributed by atoms with Gasteiger partial charge in [0.15, 0.2) is 0 Å². The summed E-state index contributed by atoms with van der Waals surface area (Å²) in [7, 11) is 0. The Hall–Kier alpha value is -0.0600. The van der Waals surface area contributed by atoms with E-state index in [0.29, 0.717) is 12.8 Å². The Morgan fingerprint density at radius 2 is 1.26 bits per heavy atom. The smallest absolute Gasteiger partial charge is 0.0831 e. The number of aliphatic hydroxyl groups excluding tert-OH is 2. The highest BCUT2D eigenvalue weighted by Gasteiger charge is 2.20. The SMILES string of the molecule is C=C(C)CC(O)C(Cl)COCC(Cl)C(O)CC(=C)C. The zero-order valence-electron chi connectivity index (χ0n) is 11.6. The Morgan fingerprint density at radius 3 is 1.53 bits per heavy atom. The third-order valence-electron chi connectivity index (χ3n) is 2.50. The van der Waals surface area contributed by atoms with Gasteiger partial charge >= 0.3 is 0 Å². The van der Waals surface area contributed by atoms with Gasteiger partial charge in [-0.3, -0.25) is 0 Å². The van der Waals surface area contributed by atoms with E-state index in [4.69, 9.17) is 27.9 Å². The molecule has 0 saturated heterocycles. The van der Waals surface area contributed by atoms with Crippen molar-refractivity contribution in [1.82, 2.24) is 0 Å². The summed E-state index contributed by atoms with van der Waals surface area (Å²) in [6.45, 7) is 11.4. The number of hydrogen-bond donors (Lipinski definition) is 2. The largest absolute Gasteiger partial charge is 0.391 e. The molecule has 4 unspecified atom stereocenters. The van der Waals surface area contributed by atoms with E-state index in [9.17, 15) is 10.2 Å². The predicted molar refractivity (Wildman–Crippen MR) is 81.0 cm³/mol. The summed E-state index contributed by atoms with van der Waals surface area (Å²) in [5.41, 5.74) is 1.73. The minimum atomic E-state index is -0.687. The van der Waals surface area contributed by atoms with Crippen LogP contribution in [0.4, 0.5) is 0 Å². The van der Waals surface area contributed by atoms with Crippen LogP contribution in [-0.2, 0) is 4.74 Å². The average molecular weight is 311 g/mol. The van der Waals surface area contributed by atoms with Crippen LogP contribution < -0.4 is 0 Å². The molecule has 0 aliphatic carbocycles. The van der Waals surface area contributed by atoms with Crippen LogP contribution in [0.2, 0.25) is 0 Å². The van der Waals surface area contributed by atoms with Gasteiger partial charge < -0.3 is 14.9 Å². The molecule has 0 aromatic heterocycles. The number of hydrogen-bond acceptors (Lipinski definition) is 3. The van der Waals surface area contributed by atoms with Gasteiger partial charge in [0.25, 0.3) is 0 Å². The van der Waals surface area contributed by atoms with Crippen LogP contribution in [0.1, 0.15) is 26.7 Å². The highest BCUT2D eigenvalue weighted by Crippen LogP contribution is 2.14. The average Bonchev–Trinajstić information content (AvgIpc) is 2.26. The molecular weight excluding hydrogens is 287 g/mol. The molecule has 0 amide bonds. The fraction of sp³-hybridized carbons (Fsp3) is 0.714. The van der Waals surface area contributed by atoms with Gasteiger partial charge in [-0.2, -0.15) is 0 Å². The molecule has 4 atom stereocenters. The summed E-state index contributed by atoms with van der Waals surface area (Å²) in [5, 5.41) is 18.4. The number of halogens is 2. The predicted octanol–water partition coefficient (Wildman–Crippen LogP) is 2.87. The summed E-state index contributed by atoms with van der Waals surface area (Å²) >= 11 is 12.0. The molecule has 0 spiro atoms. The second-order valence-electron chi connectivity index (χ2n) is 5.03. The first-order chi connectivity index (χ1) is 8.73. The third-order valence-corrected chi connectivity index (χ3v) is 3.34. The van der Waals surface area contributed by atoms with Crippen LogP contribution in [-0.4, -0.2) is 46.4 Å².